The Bertz CT molecular complexity index is 1180. The largest absolute Gasteiger partial charge is 0.476 e. The van der Waals surface area contributed by atoms with Crippen molar-refractivity contribution in [2.75, 3.05) is 38.1 Å². The van der Waals surface area contributed by atoms with Crippen LogP contribution in [0.25, 0.3) is 0 Å². The van der Waals surface area contributed by atoms with Crippen molar-refractivity contribution >= 4 is 23.8 Å². The predicted molar refractivity (Wildman–Crippen MR) is 156 cm³/mol. The van der Waals surface area contributed by atoms with Gasteiger partial charge in [0.15, 0.2) is 0 Å². The molecule has 1 aliphatic rings. The van der Waals surface area contributed by atoms with Crippen LogP contribution in [0.15, 0.2) is 65.7 Å². The Balaban J connectivity index is 1.23. The number of rotatable bonds is 15. The lowest BCUT2D eigenvalue weighted by Crippen LogP contribution is -2.38. The fraction of sp³-hybridized carbons (Fsp3) is 0.433. The van der Waals surface area contributed by atoms with Gasteiger partial charge >= 0.3 is 5.97 Å². The Kier molecular flexibility index (Phi) is 11.4. The summed E-state index contributed by atoms with van der Waals surface area (Å²) in [5.41, 5.74) is 9.71. The molecule has 208 valence electrons. The SMILES string of the molecule is Cc1ccccc1SOC(=O)[C@@H](N)CCN(CCCCc1ccc2c(n1)NCCC2)CCOc1ccccn1. The fourth-order valence-corrected chi connectivity index (χ4v) is 5.06. The van der Waals surface area contributed by atoms with Gasteiger partial charge in [0.2, 0.25) is 5.88 Å². The molecule has 39 heavy (non-hydrogen) atoms. The summed E-state index contributed by atoms with van der Waals surface area (Å²) >= 11 is 1.07. The molecule has 0 aliphatic carbocycles. The zero-order valence-corrected chi connectivity index (χ0v) is 23.5. The van der Waals surface area contributed by atoms with E-state index in [1.165, 1.54) is 12.0 Å². The number of benzene rings is 1. The molecule has 3 aromatic rings. The van der Waals surface area contributed by atoms with Gasteiger partial charge in [-0.1, -0.05) is 30.3 Å². The van der Waals surface area contributed by atoms with Crippen molar-refractivity contribution in [3.05, 3.63) is 77.6 Å². The monoisotopic (exact) mass is 549 g/mol. The lowest BCUT2D eigenvalue weighted by atomic mass is 10.1. The average Bonchev–Trinajstić information content (AvgIpc) is 2.97. The lowest BCUT2D eigenvalue weighted by Gasteiger charge is -2.23. The molecule has 3 heterocycles. The van der Waals surface area contributed by atoms with Gasteiger partial charge in [0, 0.05) is 37.6 Å². The molecule has 0 bridgehead atoms. The van der Waals surface area contributed by atoms with Crippen molar-refractivity contribution in [2.24, 2.45) is 5.73 Å². The smallest absolute Gasteiger partial charge is 0.335 e. The second kappa shape index (κ2) is 15.5. The number of anilines is 1. The minimum Gasteiger partial charge on any atom is -0.476 e. The quantitative estimate of drug-likeness (QED) is 0.204. The molecule has 0 amide bonds. The molecule has 9 heteroatoms. The molecule has 0 saturated heterocycles. The molecule has 3 N–H and O–H groups in total. The topological polar surface area (TPSA) is 103 Å². The number of carbonyl (C=O) groups is 1. The average molecular weight is 550 g/mol. The first-order valence-corrected chi connectivity index (χ1v) is 14.5. The Labute approximate surface area is 235 Å². The van der Waals surface area contributed by atoms with Gasteiger partial charge in [-0.25, -0.2) is 14.8 Å². The normalized spacial score (nSPS) is 13.4. The molecule has 0 spiro atoms. The number of nitrogens with one attached hydrogen (secondary N) is 1. The zero-order valence-electron chi connectivity index (χ0n) is 22.7. The molecule has 8 nitrogen and oxygen atoms in total. The molecule has 0 radical (unpaired) electrons. The molecule has 0 unspecified atom stereocenters. The van der Waals surface area contributed by atoms with Crippen LogP contribution in [0.1, 0.15) is 42.5 Å². The van der Waals surface area contributed by atoms with Crippen molar-refractivity contribution in [3.63, 3.8) is 0 Å². The minimum atomic E-state index is -0.687. The van der Waals surface area contributed by atoms with Gasteiger partial charge in [0.25, 0.3) is 0 Å². The second-order valence-corrected chi connectivity index (χ2v) is 10.6. The van der Waals surface area contributed by atoms with Gasteiger partial charge in [-0.2, -0.15) is 0 Å². The zero-order chi connectivity index (χ0) is 27.3. The minimum absolute atomic E-state index is 0.403. The van der Waals surface area contributed by atoms with Crippen molar-refractivity contribution in [3.8, 4) is 5.88 Å². The molecule has 4 rings (SSSR count). The summed E-state index contributed by atoms with van der Waals surface area (Å²) in [6.07, 6.45) is 7.48. The number of hydrogen-bond acceptors (Lipinski definition) is 9. The Morgan fingerprint density at radius 2 is 1.97 bits per heavy atom. The summed E-state index contributed by atoms with van der Waals surface area (Å²) < 4.78 is 11.2. The van der Waals surface area contributed by atoms with Crippen molar-refractivity contribution in [2.45, 2.75) is 56.4 Å². The highest BCUT2D eigenvalue weighted by Crippen LogP contribution is 2.23. The van der Waals surface area contributed by atoms with Crippen LogP contribution in [0.3, 0.4) is 0 Å². The highest BCUT2D eigenvalue weighted by Gasteiger charge is 2.18. The van der Waals surface area contributed by atoms with Crippen molar-refractivity contribution in [1.29, 1.82) is 0 Å². The van der Waals surface area contributed by atoms with Crippen LogP contribution in [0.5, 0.6) is 5.88 Å². The number of hydrogen-bond donors (Lipinski definition) is 2. The number of pyridine rings is 2. The van der Waals surface area contributed by atoms with E-state index in [-0.39, 0.29) is 0 Å². The first kappa shape index (κ1) is 28.9. The summed E-state index contributed by atoms with van der Waals surface area (Å²) in [6.45, 7) is 5.78. The summed E-state index contributed by atoms with van der Waals surface area (Å²) in [6, 6.07) is 17.1. The van der Waals surface area contributed by atoms with Crippen molar-refractivity contribution in [1.82, 2.24) is 14.9 Å². The number of ether oxygens (including phenoxy) is 1. The number of nitrogens with zero attached hydrogens (tertiary/aromatic N) is 3. The lowest BCUT2D eigenvalue weighted by molar-refractivity contribution is -0.134. The highest BCUT2D eigenvalue weighted by molar-refractivity contribution is 7.95. The van der Waals surface area contributed by atoms with Gasteiger partial charge in [0.1, 0.15) is 18.5 Å². The van der Waals surface area contributed by atoms with Crippen molar-refractivity contribution < 1.29 is 13.7 Å². The van der Waals surface area contributed by atoms with Gasteiger partial charge in [0.05, 0.1) is 16.9 Å². The first-order chi connectivity index (χ1) is 19.1. The number of aryl methyl sites for hydroxylation is 3. The van der Waals surface area contributed by atoms with Gasteiger partial charge in [-0.05, 0) is 81.3 Å². The standard InChI is InChI=1S/C30H39N5O3S/c1-23-9-2-3-12-27(23)39-38-30(36)26(31)16-20-35(21-22-37-28-13-4-6-17-32-28)19-7-5-11-25-15-14-24-10-8-18-33-29(24)34-25/h2-4,6,9,12-15,17,26H,5,7-8,10-11,16,18-22,31H2,1H3,(H,33,34)/t26-/m0/s1. The molecule has 0 fully saturated rings. The Morgan fingerprint density at radius 3 is 2.82 bits per heavy atom. The van der Waals surface area contributed by atoms with E-state index in [4.69, 9.17) is 19.6 Å². The van der Waals surface area contributed by atoms with E-state index in [0.29, 0.717) is 25.5 Å². The summed E-state index contributed by atoms with van der Waals surface area (Å²) in [5, 5.41) is 3.42. The third-order valence-corrected chi connectivity index (χ3v) is 7.66. The number of nitrogens with two attached hydrogens (primary N) is 1. The van der Waals surface area contributed by atoms with Crippen LogP contribution in [-0.4, -0.2) is 59.7 Å². The third kappa shape index (κ3) is 9.53. The maximum Gasteiger partial charge on any atom is 0.335 e. The number of fused-ring (bicyclic) bond motifs is 1. The number of carbonyl (C=O) groups excluding carboxylic acids is 1. The molecule has 1 aliphatic heterocycles. The Morgan fingerprint density at radius 1 is 1.10 bits per heavy atom. The summed E-state index contributed by atoms with van der Waals surface area (Å²) in [5.74, 6) is 1.26. The van der Waals surface area contributed by atoms with Crippen LogP contribution in [0, 0.1) is 6.92 Å². The predicted octanol–water partition coefficient (Wildman–Crippen LogP) is 4.81. The van der Waals surface area contributed by atoms with E-state index in [1.807, 2.05) is 49.4 Å². The van der Waals surface area contributed by atoms with Crippen LogP contribution in [0.4, 0.5) is 5.82 Å². The second-order valence-electron chi connectivity index (χ2n) is 9.80. The Hall–Kier alpha value is -3.14. The fourth-order valence-electron chi connectivity index (χ4n) is 4.43. The molecular weight excluding hydrogens is 510 g/mol. The van der Waals surface area contributed by atoms with Crippen LogP contribution < -0.4 is 15.8 Å². The molecule has 1 aromatic carbocycles. The molecule has 0 saturated carbocycles. The number of unbranched alkanes of at least 4 members (excludes halogenated alkanes) is 1. The number of aromatic nitrogens is 2. The van der Waals surface area contributed by atoms with E-state index in [2.05, 4.69) is 27.3 Å². The van der Waals surface area contributed by atoms with Gasteiger partial charge in [-0.3, -0.25) is 4.90 Å². The van der Waals surface area contributed by atoms with E-state index < -0.39 is 12.0 Å². The first-order valence-electron chi connectivity index (χ1n) is 13.8. The summed E-state index contributed by atoms with van der Waals surface area (Å²) in [7, 11) is 0. The maximum absolute atomic E-state index is 12.5. The van der Waals surface area contributed by atoms with Gasteiger partial charge < -0.3 is 20.0 Å². The highest BCUT2D eigenvalue weighted by atomic mass is 32.2. The van der Waals surface area contributed by atoms with Gasteiger partial charge in [-0.15, -0.1) is 0 Å². The maximum atomic E-state index is 12.5. The van der Waals surface area contributed by atoms with Crippen LogP contribution >= 0.6 is 12.0 Å². The summed E-state index contributed by atoms with van der Waals surface area (Å²) in [4.78, 5) is 24.8. The third-order valence-electron chi connectivity index (χ3n) is 6.77. The van der Waals surface area contributed by atoms with Crippen LogP contribution in [0.2, 0.25) is 0 Å². The van der Waals surface area contributed by atoms with E-state index >= 15 is 0 Å². The van der Waals surface area contributed by atoms with Crippen LogP contribution in [-0.2, 0) is 21.8 Å². The molecule has 1 atom stereocenters. The van der Waals surface area contributed by atoms with E-state index in [1.54, 1.807) is 6.20 Å². The van der Waals surface area contributed by atoms with E-state index in [0.717, 1.165) is 79.3 Å². The molecule has 2 aromatic heterocycles. The van der Waals surface area contributed by atoms with E-state index in [9.17, 15) is 4.79 Å². The molecular formula is C30H39N5O3S.